The molecule has 0 aliphatic heterocycles. The zero-order chi connectivity index (χ0) is 22.5. The van der Waals surface area contributed by atoms with Gasteiger partial charge >= 0.3 is 12.1 Å². The van der Waals surface area contributed by atoms with Gasteiger partial charge in [0, 0.05) is 5.39 Å². The summed E-state index contributed by atoms with van der Waals surface area (Å²) in [6.07, 6.45) is -0.637. The molecule has 0 N–H and O–H groups in total. The van der Waals surface area contributed by atoms with Gasteiger partial charge in [0.2, 0.25) is 5.82 Å². The number of rotatable bonds is 6. The Kier molecular flexibility index (Phi) is 5.19. The molecule has 0 radical (unpaired) electrons. The van der Waals surface area contributed by atoms with Crippen molar-refractivity contribution in [1.82, 2.24) is 14.8 Å². The van der Waals surface area contributed by atoms with E-state index in [0.29, 0.717) is 29.8 Å². The van der Waals surface area contributed by atoms with E-state index in [2.05, 4.69) is 10.2 Å². The Morgan fingerprint density at radius 1 is 1.16 bits per heavy atom. The molecule has 32 heavy (non-hydrogen) atoms. The molecule has 168 valence electrons. The molecular formula is C23H22F3N3O2S. The lowest BCUT2D eigenvalue weighted by Crippen LogP contribution is -2.43. The normalized spacial score (nSPS) is 17.9. The van der Waals surface area contributed by atoms with Crippen molar-refractivity contribution in [3.63, 3.8) is 0 Å². The van der Waals surface area contributed by atoms with Gasteiger partial charge in [0.1, 0.15) is 4.75 Å². The van der Waals surface area contributed by atoms with Gasteiger partial charge in [-0.1, -0.05) is 42.1 Å². The van der Waals surface area contributed by atoms with Crippen LogP contribution in [0.5, 0.6) is 0 Å². The van der Waals surface area contributed by atoms with Crippen molar-refractivity contribution in [3.05, 3.63) is 47.8 Å². The SMILES string of the molecule is CCOC(=O)C1(Sc2nnc(C(F)(F)F)n2-c2ccc(C3CC3)c3ccccc23)CCC1. The number of hydrogen-bond donors (Lipinski definition) is 0. The molecule has 0 bridgehead atoms. The van der Waals surface area contributed by atoms with Crippen LogP contribution in [0.2, 0.25) is 0 Å². The molecule has 0 spiro atoms. The van der Waals surface area contributed by atoms with Crippen LogP contribution in [0.1, 0.15) is 56.3 Å². The number of carbonyl (C=O) groups excluding carboxylic acids is 1. The minimum atomic E-state index is -4.70. The smallest absolute Gasteiger partial charge is 0.452 e. The van der Waals surface area contributed by atoms with Crippen LogP contribution >= 0.6 is 11.8 Å². The maximum atomic E-state index is 13.9. The first-order valence-electron chi connectivity index (χ1n) is 10.7. The topological polar surface area (TPSA) is 57.0 Å². The Hall–Kier alpha value is -2.55. The fraction of sp³-hybridized carbons (Fsp3) is 0.435. The van der Waals surface area contributed by atoms with E-state index in [0.717, 1.165) is 46.5 Å². The Bertz CT molecular complexity index is 1180. The third-order valence-electron chi connectivity index (χ3n) is 6.18. The average Bonchev–Trinajstić information content (AvgIpc) is 3.48. The molecule has 1 aromatic heterocycles. The average molecular weight is 462 g/mol. The van der Waals surface area contributed by atoms with Crippen LogP contribution in [-0.4, -0.2) is 32.1 Å². The van der Waals surface area contributed by atoms with Gasteiger partial charge in [0.25, 0.3) is 0 Å². The number of benzene rings is 2. The molecule has 2 fully saturated rings. The quantitative estimate of drug-likeness (QED) is 0.428. The zero-order valence-electron chi connectivity index (χ0n) is 17.5. The summed E-state index contributed by atoms with van der Waals surface area (Å²) in [5.74, 6) is -1.05. The molecule has 0 unspecified atom stereocenters. The number of halogens is 3. The van der Waals surface area contributed by atoms with Gasteiger partial charge < -0.3 is 4.74 Å². The Balaban J connectivity index is 1.67. The highest BCUT2D eigenvalue weighted by atomic mass is 32.2. The number of alkyl halides is 3. The van der Waals surface area contributed by atoms with Crippen LogP contribution in [0.15, 0.2) is 41.6 Å². The van der Waals surface area contributed by atoms with Crippen molar-refractivity contribution < 1.29 is 22.7 Å². The molecule has 3 aromatic rings. The summed E-state index contributed by atoms with van der Waals surface area (Å²) in [5.41, 5.74) is 1.52. The first-order chi connectivity index (χ1) is 15.3. The number of hydrogen-bond acceptors (Lipinski definition) is 5. The van der Waals surface area contributed by atoms with Crippen LogP contribution in [0.4, 0.5) is 13.2 Å². The second-order valence-corrected chi connectivity index (χ2v) is 9.65. The van der Waals surface area contributed by atoms with Crippen LogP contribution in [0.3, 0.4) is 0 Å². The highest BCUT2D eigenvalue weighted by Gasteiger charge is 2.49. The molecule has 2 aliphatic rings. The van der Waals surface area contributed by atoms with Crippen LogP contribution in [0, 0.1) is 0 Å². The van der Waals surface area contributed by atoms with E-state index in [9.17, 15) is 18.0 Å². The lowest BCUT2D eigenvalue weighted by molar-refractivity contribution is -0.148. The standard InChI is InChI=1S/C23H22F3N3O2S/c1-2-31-20(30)22(12-5-13-22)32-21-28-27-19(23(24,25)26)29(21)18-11-10-15(14-8-9-14)16-6-3-4-7-17(16)18/h3-4,6-7,10-11,14H,2,5,8-9,12-13H2,1H3. The maximum Gasteiger partial charge on any atom is 0.452 e. The molecule has 1 heterocycles. The number of fused-ring (bicyclic) bond motifs is 1. The monoisotopic (exact) mass is 461 g/mol. The van der Waals surface area contributed by atoms with Gasteiger partial charge in [-0.3, -0.25) is 9.36 Å². The summed E-state index contributed by atoms with van der Waals surface area (Å²) in [6.45, 7) is 1.93. The maximum absolute atomic E-state index is 13.9. The van der Waals surface area contributed by atoms with Crippen molar-refractivity contribution >= 4 is 28.5 Å². The van der Waals surface area contributed by atoms with E-state index in [1.807, 2.05) is 30.3 Å². The fourth-order valence-corrected chi connectivity index (χ4v) is 5.61. The van der Waals surface area contributed by atoms with Gasteiger partial charge in [-0.05, 0) is 62.0 Å². The van der Waals surface area contributed by atoms with Crippen molar-refractivity contribution in [2.24, 2.45) is 0 Å². The Morgan fingerprint density at radius 2 is 1.88 bits per heavy atom. The fourth-order valence-electron chi connectivity index (χ4n) is 4.27. The predicted molar refractivity (Wildman–Crippen MR) is 115 cm³/mol. The highest BCUT2D eigenvalue weighted by Crippen LogP contribution is 2.50. The third-order valence-corrected chi connectivity index (χ3v) is 7.59. The molecule has 5 rings (SSSR count). The first kappa shape index (κ1) is 21.3. The molecule has 0 saturated heterocycles. The van der Waals surface area contributed by atoms with Crippen molar-refractivity contribution in [3.8, 4) is 5.69 Å². The Morgan fingerprint density at radius 3 is 2.47 bits per heavy atom. The summed E-state index contributed by atoms with van der Waals surface area (Å²) < 4.78 is 47.2. The minimum Gasteiger partial charge on any atom is -0.465 e. The van der Waals surface area contributed by atoms with Gasteiger partial charge in [-0.2, -0.15) is 13.2 Å². The van der Waals surface area contributed by atoms with Crippen LogP contribution in [-0.2, 0) is 15.7 Å². The lowest BCUT2D eigenvalue weighted by atomic mass is 9.84. The molecule has 5 nitrogen and oxygen atoms in total. The van der Waals surface area contributed by atoms with E-state index in [-0.39, 0.29) is 11.8 Å². The van der Waals surface area contributed by atoms with E-state index in [1.165, 1.54) is 0 Å². The van der Waals surface area contributed by atoms with Crippen LogP contribution < -0.4 is 0 Å². The minimum absolute atomic E-state index is 0.0504. The van der Waals surface area contributed by atoms with E-state index in [1.54, 1.807) is 13.0 Å². The number of nitrogens with zero attached hydrogens (tertiary/aromatic N) is 3. The number of ether oxygens (including phenoxy) is 1. The molecule has 9 heteroatoms. The predicted octanol–water partition coefficient (Wildman–Crippen LogP) is 5.89. The van der Waals surface area contributed by atoms with E-state index >= 15 is 0 Å². The molecule has 2 aromatic carbocycles. The summed E-state index contributed by atoms with van der Waals surface area (Å²) in [5, 5.41) is 9.10. The van der Waals surface area contributed by atoms with Crippen molar-refractivity contribution in [2.75, 3.05) is 6.61 Å². The molecular weight excluding hydrogens is 439 g/mol. The van der Waals surface area contributed by atoms with Crippen molar-refractivity contribution in [1.29, 1.82) is 0 Å². The first-order valence-corrected chi connectivity index (χ1v) is 11.6. The number of thioether (sulfide) groups is 1. The second-order valence-electron chi connectivity index (χ2n) is 8.30. The van der Waals surface area contributed by atoms with Gasteiger partial charge in [0.05, 0.1) is 12.3 Å². The third kappa shape index (κ3) is 3.56. The number of esters is 1. The van der Waals surface area contributed by atoms with Crippen LogP contribution in [0.25, 0.3) is 16.5 Å². The Labute approximate surface area is 187 Å². The zero-order valence-corrected chi connectivity index (χ0v) is 18.3. The molecule has 0 amide bonds. The van der Waals surface area contributed by atoms with Gasteiger partial charge in [-0.25, -0.2) is 0 Å². The summed E-state index contributed by atoms with van der Waals surface area (Å²) in [6, 6.07) is 11.1. The highest BCUT2D eigenvalue weighted by molar-refractivity contribution is 8.01. The van der Waals surface area contributed by atoms with E-state index in [4.69, 9.17) is 4.74 Å². The van der Waals surface area contributed by atoms with Gasteiger partial charge in [0.15, 0.2) is 5.16 Å². The summed E-state index contributed by atoms with van der Waals surface area (Å²) in [7, 11) is 0. The molecule has 2 saturated carbocycles. The second kappa shape index (κ2) is 7.79. The summed E-state index contributed by atoms with van der Waals surface area (Å²) in [4.78, 5) is 12.6. The molecule has 2 aliphatic carbocycles. The number of aromatic nitrogens is 3. The molecule has 0 atom stereocenters. The van der Waals surface area contributed by atoms with E-state index < -0.39 is 22.7 Å². The largest absolute Gasteiger partial charge is 0.465 e. The van der Waals surface area contributed by atoms with Crippen molar-refractivity contribution in [2.45, 2.75) is 61.0 Å². The van der Waals surface area contributed by atoms with Gasteiger partial charge in [-0.15, -0.1) is 10.2 Å². The lowest BCUT2D eigenvalue weighted by Gasteiger charge is -2.37. The summed E-state index contributed by atoms with van der Waals surface area (Å²) >= 11 is 1.03. The number of carbonyl (C=O) groups is 1.